The van der Waals surface area contributed by atoms with Gasteiger partial charge in [0.15, 0.2) is 0 Å². The molecule has 172 valence electrons. The van der Waals surface area contributed by atoms with Crippen LogP contribution in [0.3, 0.4) is 0 Å². The van der Waals surface area contributed by atoms with Crippen molar-refractivity contribution in [3.63, 3.8) is 0 Å². The molecule has 31 heavy (non-hydrogen) atoms. The van der Waals surface area contributed by atoms with E-state index in [1.165, 1.54) is 0 Å². The number of rotatable bonds is 10. The highest BCUT2D eigenvalue weighted by Gasteiger charge is 2.28. The molecule has 0 saturated carbocycles. The van der Waals surface area contributed by atoms with Crippen LogP contribution in [0.2, 0.25) is 0 Å². The van der Waals surface area contributed by atoms with Crippen molar-refractivity contribution in [2.45, 2.75) is 58.2 Å². The molecule has 0 fully saturated rings. The zero-order valence-electron chi connectivity index (χ0n) is 18.0. The number of halogens is 4. The van der Waals surface area contributed by atoms with Gasteiger partial charge in [-0.05, 0) is 112 Å². The minimum atomic E-state index is -0.324. The van der Waals surface area contributed by atoms with E-state index < -0.39 is 0 Å². The highest BCUT2D eigenvalue weighted by atomic mass is 79.9. The van der Waals surface area contributed by atoms with Crippen LogP contribution < -0.4 is 9.47 Å². The average molecular weight is 688 g/mol. The Labute approximate surface area is 218 Å². The molecule has 0 amide bonds. The molecule has 8 heteroatoms. The van der Waals surface area contributed by atoms with Crippen molar-refractivity contribution in [2.75, 3.05) is 13.2 Å². The largest absolute Gasteiger partial charge is 0.486 e. The van der Waals surface area contributed by atoms with E-state index in [-0.39, 0.29) is 30.8 Å². The lowest BCUT2D eigenvalue weighted by molar-refractivity contribution is 0.111. The first kappa shape index (κ1) is 27.1. The van der Waals surface area contributed by atoms with Crippen LogP contribution in [-0.4, -0.2) is 35.6 Å². The Hall–Kier alpha value is -0.120. The monoisotopic (exact) mass is 684 g/mol. The molecule has 0 saturated heterocycles. The summed E-state index contributed by atoms with van der Waals surface area (Å²) in [5, 5.41) is 18.9. The van der Waals surface area contributed by atoms with Crippen molar-refractivity contribution in [1.82, 2.24) is 0 Å². The lowest BCUT2D eigenvalue weighted by Gasteiger charge is -2.29. The smallest absolute Gasteiger partial charge is 0.148 e. The van der Waals surface area contributed by atoms with Crippen LogP contribution >= 0.6 is 63.7 Å². The number of hydrogen-bond acceptors (Lipinski definition) is 4. The van der Waals surface area contributed by atoms with E-state index in [9.17, 15) is 10.2 Å². The Morgan fingerprint density at radius 2 is 1.00 bits per heavy atom. The number of aliphatic hydroxyl groups excluding tert-OH is 2. The summed E-state index contributed by atoms with van der Waals surface area (Å²) in [6.45, 7) is 8.20. The van der Waals surface area contributed by atoms with Gasteiger partial charge >= 0.3 is 0 Å². The van der Waals surface area contributed by atoms with Crippen molar-refractivity contribution >= 4 is 63.7 Å². The predicted octanol–water partition coefficient (Wildman–Crippen LogP) is 7.36. The van der Waals surface area contributed by atoms with E-state index in [1.54, 1.807) is 0 Å². The first-order valence-electron chi connectivity index (χ1n) is 10.1. The molecule has 0 radical (unpaired) electrons. The summed E-state index contributed by atoms with van der Waals surface area (Å²) in [5.74, 6) is 1.36. The standard InChI is InChI=1S/C23H28Br4O4/c1-5-15(11-28)30-21-17(24)7-13(8-18(21)25)23(3,4)14-9-19(26)22(20(27)10-14)31-16(6-2)12-29/h7-10,15-16,28-29H,5-6,11-12H2,1-4H3. The number of benzene rings is 2. The minimum absolute atomic E-state index is 0.0335. The topological polar surface area (TPSA) is 58.9 Å². The average Bonchev–Trinajstić information content (AvgIpc) is 2.73. The highest BCUT2D eigenvalue weighted by Crippen LogP contribution is 2.44. The van der Waals surface area contributed by atoms with E-state index in [1.807, 2.05) is 13.8 Å². The van der Waals surface area contributed by atoms with E-state index in [2.05, 4.69) is 102 Å². The molecule has 2 rings (SSSR count). The molecule has 0 heterocycles. The maximum atomic E-state index is 9.47. The molecule has 2 aromatic carbocycles. The van der Waals surface area contributed by atoms with Crippen LogP contribution in [0.25, 0.3) is 0 Å². The van der Waals surface area contributed by atoms with Gasteiger partial charge in [-0.15, -0.1) is 0 Å². The van der Waals surface area contributed by atoms with Gasteiger partial charge in [0, 0.05) is 5.41 Å². The fourth-order valence-corrected chi connectivity index (χ4v) is 5.81. The molecule has 2 aromatic rings. The molecular weight excluding hydrogens is 660 g/mol. The quantitative estimate of drug-likeness (QED) is 0.274. The van der Waals surface area contributed by atoms with E-state index in [0.717, 1.165) is 29.0 Å². The van der Waals surface area contributed by atoms with Crippen LogP contribution in [0.1, 0.15) is 51.7 Å². The van der Waals surface area contributed by atoms with Gasteiger partial charge in [0.2, 0.25) is 0 Å². The zero-order chi connectivity index (χ0) is 23.3. The van der Waals surface area contributed by atoms with E-state index in [0.29, 0.717) is 24.3 Å². The van der Waals surface area contributed by atoms with Gasteiger partial charge in [0.05, 0.1) is 31.1 Å². The van der Waals surface area contributed by atoms with E-state index in [4.69, 9.17) is 9.47 Å². The maximum Gasteiger partial charge on any atom is 0.148 e. The summed E-state index contributed by atoms with van der Waals surface area (Å²) >= 11 is 14.5. The number of hydrogen-bond donors (Lipinski definition) is 2. The molecule has 2 N–H and O–H groups in total. The Morgan fingerprint density at radius 3 is 1.23 bits per heavy atom. The van der Waals surface area contributed by atoms with Crippen molar-refractivity contribution < 1.29 is 19.7 Å². The second-order valence-electron chi connectivity index (χ2n) is 7.82. The van der Waals surface area contributed by atoms with Crippen molar-refractivity contribution in [3.05, 3.63) is 53.3 Å². The zero-order valence-corrected chi connectivity index (χ0v) is 24.4. The molecule has 0 aliphatic heterocycles. The third-order valence-corrected chi connectivity index (χ3v) is 7.68. The minimum Gasteiger partial charge on any atom is -0.486 e. The number of ether oxygens (including phenoxy) is 2. The summed E-state index contributed by atoms with van der Waals surface area (Å²) in [6.07, 6.45) is 0.927. The summed E-state index contributed by atoms with van der Waals surface area (Å²) in [7, 11) is 0. The van der Waals surface area contributed by atoms with Crippen LogP contribution in [0.4, 0.5) is 0 Å². The molecule has 0 aliphatic carbocycles. The predicted molar refractivity (Wildman–Crippen MR) is 139 cm³/mol. The lowest BCUT2D eigenvalue weighted by atomic mass is 9.78. The SMILES string of the molecule is CCC(CO)Oc1c(Br)cc(C(C)(C)c2cc(Br)c(OC(CC)CO)c(Br)c2)cc1Br. The van der Waals surface area contributed by atoms with E-state index >= 15 is 0 Å². The third kappa shape index (κ3) is 6.48. The van der Waals surface area contributed by atoms with Gasteiger partial charge in [0.1, 0.15) is 23.7 Å². The summed E-state index contributed by atoms with van der Waals surface area (Å²) in [4.78, 5) is 0. The summed E-state index contributed by atoms with van der Waals surface area (Å²) < 4.78 is 15.2. The fraction of sp³-hybridized carbons (Fsp3) is 0.478. The van der Waals surface area contributed by atoms with Gasteiger partial charge in [-0.3, -0.25) is 0 Å². The molecule has 2 unspecified atom stereocenters. The first-order valence-corrected chi connectivity index (χ1v) is 13.3. The van der Waals surface area contributed by atoms with Crippen molar-refractivity contribution in [2.24, 2.45) is 0 Å². The molecule has 2 atom stereocenters. The summed E-state index contributed by atoms with van der Waals surface area (Å²) in [6, 6.07) is 8.20. The van der Waals surface area contributed by atoms with Gasteiger partial charge < -0.3 is 19.7 Å². The second kappa shape index (κ2) is 11.8. The molecule has 4 nitrogen and oxygen atoms in total. The summed E-state index contributed by atoms with van der Waals surface area (Å²) in [5.41, 5.74) is 1.85. The van der Waals surface area contributed by atoms with Gasteiger partial charge in [-0.2, -0.15) is 0 Å². The van der Waals surface area contributed by atoms with Crippen molar-refractivity contribution in [1.29, 1.82) is 0 Å². The fourth-order valence-electron chi connectivity index (χ4n) is 3.07. The highest BCUT2D eigenvalue weighted by molar-refractivity contribution is 9.11. The molecule has 0 spiro atoms. The Bertz CT molecular complexity index is 776. The molecule has 0 bridgehead atoms. The molecule has 0 aromatic heterocycles. The third-order valence-electron chi connectivity index (χ3n) is 5.33. The van der Waals surface area contributed by atoms with Gasteiger partial charge in [-0.25, -0.2) is 0 Å². The molecular formula is C23H28Br4O4. The Morgan fingerprint density at radius 1 is 0.710 bits per heavy atom. The Kier molecular flexibility index (Phi) is 10.4. The van der Waals surface area contributed by atoms with Crippen LogP contribution in [-0.2, 0) is 5.41 Å². The van der Waals surface area contributed by atoms with Gasteiger partial charge in [0.25, 0.3) is 0 Å². The molecule has 0 aliphatic rings. The van der Waals surface area contributed by atoms with Crippen LogP contribution in [0.15, 0.2) is 42.2 Å². The van der Waals surface area contributed by atoms with Crippen molar-refractivity contribution in [3.8, 4) is 11.5 Å². The Balaban J connectivity index is 2.43. The lowest BCUT2D eigenvalue weighted by Crippen LogP contribution is -2.22. The maximum absolute atomic E-state index is 9.47. The van der Waals surface area contributed by atoms with Gasteiger partial charge in [-0.1, -0.05) is 27.7 Å². The number of aliphatic hydroxyl groups is 2. The normalized spacial score (nSPS) is 13.7. The first-order chi connectivity index (χ1) is 14.6. The second-order valence-corrected chi connectivity index (χ2v) is 11.2. The van der Waals surface area contributed by atoms with Crippen LogP contribution in [0.5, 0.6) is 11.5 Å². The van der Waals surface area contributed by atoms with Crippen LogP contribution in [0, 0.1) is 0 Å².